The number of amides is 1. The predicted molar refractivity (Wildman–Crippen MR) is 85.0 cm³/mol. The molecule has 1 heterocycles. The van der Waals surface area contributed by atoms with Gasteiger partial charge in [0.2, 0.25) is 5.91 Å². The van der Waals surface area contributed by atoms with Crippen LogP contribution in [0.25, 0.3) is 0 Å². The third-order valence-electron chi connectivity index (χ3n) is 3.46. The molecule has 0 aliphatic heterocycles. The molecule has 7 heteroatoms. The number of nitrogens with one attached hydrogen (secondary N) is 1. The van der Waals surface area contributed by atoms with Crippen molar-refractivity contribution < 1.29 is 14.6 Å². The van der Waals surface area contributed by atoms with Gasteiger partial charge in [-0.1, -0.05) is 24.3 Å². The number of nitrogens with zero attached hydrogens (tertiary/aromatic N) is 3. The first-order valence-corrected chi connectivity index (χ1v) is 7.59. The van der Waals surface area contributed by atoms with Crippen molar-refractivity contribution in [2.24, 2.45) is 0 Å². The van der Waals surface area contributed by atoms with E-state index >= 15 is 0 Å². The molecule has 0 unspecified atom stereocenters. The molecule has 0 radical (unpaired) electrons. The van der Waals surface area contributed by atoms with Gasteiger partial charge in [-0.3, -0.25) is 4.79 Å². The Labute approximate surface area is 135 Å². The van der Waals surface area contributed by atoms with Crippen molar-refractivity contribution >= 4 is 5.91 Å². The molecule has 7 nitrogen and oxygen atoms in total. The van der Waals surface area contributed by atoms with E-state index in [1.54, 1.807) is 11.8 Å². The molecule has 0 saturated heterocycles. The normalized spacial score (nSPS) is 10.6. The fourth-order valence-corrected chi connectivity index (χ4v) is 2.20. The van der Waals surface area contributed by atoms with Gasteiger partial charge in [0.15, 0.2) is 0 Å². The van der Waals surface area contributed by atoms with Crippen LogP contribution in [0.4, 0.5) is 0 Å². The quantitative estimate of drug-likeness (QED) is 0.755. The minimum Gasteiger partial charge on any atom is -0.497 e. The van der Waals surface area contributed by atoms with Gasteiger partial charge in [-0.25, -0.2) is 4.68 Å². The van der Waals surface area contributed by atoms with E-state index in [4.69, 9.17) is 4.74 Å². The minimum atomic E-state index is -0.206. The molecule has 0 bridgehead atoms. The van der Waals surface area contributed by atoms with Crippen LogP contribution in [0.15, 0.2) is 24.3 Å². The predicted octanol–water partition coefficient (Wildman–Crippen LogP) is 0.896. The van der Waals surface area contributed by atoms with Crippen molar-refractivity contribution in [3.8, 4) is 5.75 Å². The standard InChI is InChI=1S/C16H22N4O3/c1-3-8-17-16(22)10-20-15(14(11-21)18-19-20)9-12-4-6-13(23-2)7-5-12/h4-7,21H,3,8-11H2,1-2H3,(H,17,22). The fourth-order valence-electron chi connectivity index (χ4n) is 2.20. The summed E-state index contributed by atoms with van der Waals surface area (Å²) in [5.41, 5.74) is 2.26. The summed E-state index contributed by atoms with van der Waals surface area (Å²) < 4.78 is 6.68. The molecule has 2 N–H and O–H groups in total. The van der Waals surface area contributed by atoms with Crippen LogP contribution in [0.5, 0.6) is 5.75 Å². The number of hydrogen-bond donors (Lipinski definition) is 2. The Hall–Kier alpha value is -2.41. The molecule has 23 heavy (non-hydrogen) atoms. The van der Waals surface area contributed by atoms with Crippen molar-refractivity contribution in [2.75, 3.05) is 13.7 Å². The summed E-state index contributed by atoms with van der Waals surface area (Å²) in [7, 11) is 1.62. The summed E-state index contributed by atoms with van der Waals surface area (Å²) in [5.74, 6) is 0.666. The zero-order valence-corrected chi connectivity index (χ0v) is 13.5. The molecule has 2 rings (SSSR count). The largest absolute Gasteiger partial charge is 0.497 e. The van der Waals surface area contributed by atoms with E-state index in [0.29, 0.717) is 18.7 Å². The summed E-state index contributed by atoms with van der Waals surface area (Å²) >= 11 is 0. The lowest BCUT2D eigenvalue weighted by atomic mass is 10.1. The van der Waals surface area contributed by atoms with Crippen molar-refractivity contribution in [2.45, 2.75) is 32.9 Å². The van der Waals surface area contributed by atoms with Crippen molar-refractivity contribution in [1.29, 1.82) is 0 Å². The Bertz CT molecular complexity index is 637. The Morgan fingerprint density at radius 2 is 2.09 bits per heavy atom. The Morgan fingerprint density at radius 1 is 1.35 bits per heavy atom. The molecule has 0 spiro atoms. The number of methoxy groups -OCH3 is 1. The molecular formula is C16H22N4O3. The number of rotatable bonds is 8. The highest BCUT2D eigenvalue weighted by molar-refractivity contribution is 5.75. The van der Waals surface area contributed by atoms with Crippen LogP contribution >= 0.6 is 0 Å². The number of carbonyl (C=O) groups is 1. The van der Waals surface area contributed by atoms with E-state index in [0.717, 1.165) is 23.4 Å². The molecule has 1 amide bonds. The maximum absolute atomic E-state index is 11.9. The molecule has 0 atom stereocenters. The zero-order chi connectivity index (χ0) is 16.7. The van der Waals surface area contributed by atoms with Crippen LogP contribution in [0, 0.1) is 0 Å². The molecule has 124 valence electrons. The van der Waals surface area contributed by atoms with Gasteiger partial charge in [-0.15, -0.1) is 5.10 Å². The van der Waals surface area contributed by atoms with Crippen LogP contribution in [0.1, 0.15) is 30.3 Å². The lowest BCUT2D eigenvalue weighted by molar-refractivity contribution is -0.121. The van der Waals surface area contributed by atoms with Gasteiger partial charge in [0.1, 0.15) is 18.0 Å². The van der Waals surface area contributed by atoms with Crippen LogP contribution in [-0.2, 0) is 24.4 Å². The first-order chi connectivity index (χ1) is 11.2. The molecule has 1 aromatic carbocycles. The monoisotopic (exact) mass is 318 g/mol. The van der Waals surface area contributed by atoms with Gasteiger partial charge in [-0.2, -0.15) is 0 Å². The smallest absolute Gasteiger partial charge is 0.241 e. The molecule has 0 fully saturated rings. The average Bonchev–Trinajstić information content (AvgIpc) is 2.95. The SMILES string of the molecule is CCCNC(=O)Cn1nnc(CO)c1Cc1ccc(OC)cc1. The van der Waals surface area contributed by atoms with Gasteiger partial charge in [-0.05, 0) is 24.1 Å². The van der Waals surface area contributed by atoms with Crippen molar-refractivity contribution in [1.82, 2.24) is 20.3 Å². The van der Waals surface area contributed by atoms with Crippen molar-refractivity contribution in [3.63, 3.8) is 0 Å². The second-order valence-corrected chi connectivity index (χ2v) is 5.17. The maximum atomic E-state index is 11.9. The summed E-state index contributed by atoms with van der Waals surface area (Å²) in [6, 6.07) is 7.62. The first kappa shape index (κ1) is 17.0. The van der Waals surface area contributed by atoms with E-state index in [1.165, 1.54) is 0 Å². The number of hydrogen-bond acceptors (Lipinski definition) is 5. The maximum Gasteiger partial charge on any atom is 0.241 e. The molecule has 0 aliphatic carbocycles. The highest BCUT2D eigenvalue weighted by Crippen LogP contribution is 2.16. The van der Waals surface area contributed by atoms with Crippen molar-refractivity contribution in [3.05, 3.63) is 41.2 Å². The van der Waals surface area contributed by atoms with E-state index < -0.39 is 0 Å². The number of carbonyl (C=O) groups excluding carboxylic acids is 1. The Balaban J connectivity index is 2.15. The summed E-state index contributed by atoms with van der Waals surface area (Å²) in [6.07, 6.45) is 1.41. The number of aliphatic hydroxyl groups is 1. The first-order valence-electron chi connectivity index (χ1n) is 7.59. The van der Waals surface area contributed by atoms with Gasteiger partial charge in [0, 0.05) is 13.0 Å². The lowest BCUT2D eigenvalue weighted by Crippen LogP contribution is -2.29. The molecule has 2 aromatic rings. The van der Waals surface area contributed by atoms with E-state index in [9.17, 15) is 9.90 Å². The summed E-state index contributed by atoms with van der Waals surface area (Å²) in [6.45, 7) is 2.52. The van der Waals surface area contributed by atoms with Crippen LogP contribution < -0.4 is 10.1 Å². The van der Waals surface area contributed by atoms with Crippen LogP contribution in [-0.4, -0.2) is 39.7 Å². The second-order valence-electron chi connectivity index (χ2n) is 5.17. The summed E-state index contributed by atoms with van der Waals surface area (Å²) in [5, 5.41) is 20.2. The average molecular weight is 318 g/mol. The highest BCUT2D eigenvalue weighted by Gasteiger charge is 2.15. The third kappa shape index (κ3) is 4.53. The van der Waals surface area contributed by atoms with Gasteiger partial charge in [0.25, 0.3) is 0 Å². The minimum absolute atomic E-state index is 0.0957. The fraction of sp³-hybridized carbons (Fsp3) is 0.438. The number of ether oxygens (including phenoxy) is 1. The molecule has 1 aromatic heterocycles. The van der Waals surface area contributed by atoms with Gasteiger partial charge >= 0.3 is 0 Å². The second kappa shape index (κ2) is 8.28. The van der Waals surface area contributed by atoms with E-state index in [2.05, 4.69) is 15.6 Å². The number of aromatic nitrogens is 3. The van der Waals surface area contributed by atoms with E-state index in [-0.39, 0.29) is 19.1 Å². The third-order valence-corrected chi connectivity index (χ3v) is 3.46. The van der Waals surface area contributed by atoms with Crippen LogP contribution in [0.2, 0.25) is 0 Å². The lowest BCUT2D eigenvalue weighted by Gasteiger charge is -2.09. The van der Waals surface area contributed by atoms with Gasteiger partial charge in [0.05, 0.1) is 19.4 Å². The number of benzene rings is 1. The Kier molecular flexibility index (Phi) is 6.10. The molecular weight excluding hydrogens is 296 g/mol. The van der Waals surface area contributed by atoms with E-state index in [1.807, 2.05) is 31.2 Å². The van der Waals surface area contributed by atoms with Gasteiger partial charge < -0.3 is 15.2 Å². The zero-order valence-electron chi connectivity index (χ0n) is 13.5. The molecule has 0 aliphatic rings. The molecule has 0 saturated carbocycles. The Morgan fingerprint density at radius 3 is 2.70 bits per heavy atom. The topological polar surface area (TPSA) is 89.3 Å². The highest BCUT2D eigenvalue weighted by atomic mass is 16.5. The van der Waals surface area contributed by atoms with Crippen LogP contribution in [0.3, 0.4) is 0 Å². The summed E-state index contributed by atoms with van der Waals surface area (Å²) in [4.78, 5) is 11.9. The number of aliphatic hydroxyl groups excluding tert-OH is 1.